The Balaban J connectivity index is 1.52. The summed E-state index contributed by atoms with van der Waals surface area (Å²) >= 11 is 0. The summed E-state index contributed by atoms with van der Waals surface area (Å²) in [5.41, 5.74) is 0. The molecule has 2 heterocycles. The minimum absolute atomic E-state index is 0.273. The number of carboxylic acid groups (broad SMARTS) is 1. The molecule has 1 N–H and O–H groups in total. The van der Waals surface area contributed by atoms with Gasteiger partial charge in [-0.2, -0.15) is 0 Å². The molecule has 0 bridgehead atoms. The molecule has 0 atom stereocenters. The Kier molecular flexibility index (Phi) is 6.07. The van der Waals surface area contributed by atoms with E-state index in [-0.39, 0.29) is 6.42 Å². The predicted octanol–water partition coefficient (Wildman–Crippen LogP) is 0.565. The number of hydrogen-bond acceptors (Lipinski definition) is 4. The second-order valence-corrected chi connectivity index (χ2v) is 5.73. The summed E-state index contributed by atoms with van der Waals surface area (Å²) in [6.07, 6.45) is 4.30. The van der Waals surface area contributed by atoms with Crippen molar-refractivity contribution in [2.75, 3.05) is 58.9 Å². The topological polar surface area (TPSA) is 47.0 Å². The van der Waals surface area contributed by atoms with Crippen molar-refractivity contribution in [2.45, 2.75) is 25.7 Å². The molecular formula is C14H27N3O2. The standard InChI is InChI=1S/C14H27N3O2/c18-14(19)4-9-17-12-10-16(11-13-17)8-3-7-15-5-1-2-6-15/h1-13H2,(H,18,19). The molecule has 0 saturated carbocycles. The van der Waals surface area contributed by atoms with Crippen LogP contribution in [0, 0.1) is 0 Å². The number of nitrogens with zero attached hydrogens (tertiary/aromatic N) is 3. The van der Waals surface area contributed by atoms with Crippen molar-refractivity contribution in [3.05, 3.63) is 0 Å². The second-order valence-electron chi connectivity index (χ2n) is 5.73. The third-order valence-corrected chi connectivity index (χ3v) is 4.25. The van der Waals surface area contributed by atoms with E-state index >= 15 is 0 Å². The molecule has 0 aliphatic carbocycles. The summed E-state index contributed by atoms with van der Waals surface area (Å²) in [6, 6.07) is 0. The maximum atomic E-state index is 10.5. The van der Waals surface area contributed by atoms with Crippen molar-refractivity contribution < 1.29 is 9.90 Å². The van der Waals surface area contributed by atoms with Gasteiger partial charge in [-0.1, -0.05) is 0 Å². The van der Waals surface area contributed by atoms with Crippen LogP contribution >= 0.6 is 0 Å². The van der Waals surface area contributed by atoms with Crippen LogP contribution in [0.5, 0.6) is 0 Å². The quantitative estimate of drug-likeness (QED) is 0.732. The van der Waals surface area contributed by atoms with E-state index in [1.807, 2.05) is 0 Å². The van der Waals surface area contributed by atoms with Gasteiger partial charge >= 0.3 is 5.97 Å². The summed E-state index contributed by atoms with van der Waals surface area (Å²) < 4.78 is 0. The molecule has 0 aromatic rings. The van der Waals surface area contributed by atoms with Gasteiger partial charge in [0.2, 0.25) is 0 Å². The van der Waals surface area contributed by atoms with Gasteiger partial charge in [-0.3, -0.25) is 4.79 Å². The molecule has 5 nitrogen and oxygen atoms in total. The van der Waals surface area contributed by atoms with Crippen molar-refractivity contribution in [1.82, 2.24) is 14.7 Å². The highest BCUT2D eigenvalue weighted by Gasteiger charge is 2.17. The lowest BCUT2D eigenvalue weighted by Gasteiger charge is -2.34. The smallest absolute Gasteiger partial charge is 0.304 e. The first-order valence-electron chi connectivity index (χ1n) is 7.63. The Morgan fingerprint density at radius 1 is 0.789 bits per heavy atom. The van der Waals surface area contributed by atoms with Gasteiger partial charge in [-0.15, -0.1) is 0 Å². The van der Waals surface area contributed by atoms with Crippen LogP contribution < -0.4 is 0 Å². The number of piperazine rings is 1. The van der Waals surface area contributed by atoms with E-state index in [1.165, 1.54) is 45.4 Å². The largest absolute Gasteiger partial charge is 0.481 e. The van der Waals surface area contributed by atoms with Gasteiger partial charge in [0.25, 0.3) is 0 Å². The molecule has 5 heteroatoms. The third kappa shape index (κ3) is 5.47. The third-order valence-electron chi connectivity index (χ3n) is 4.25. The number of carboxylic acids is 1. The fourth-order valence-electron chi connectivity index (χ4n) is 3.01. The van der Waals surface area contributed by atoms with Crippen LogP contribution in [0.2, 0.25) is 0 Å². The van der Waals surface area contributed by atoms with Crippen LogP contribution in [0.15, 0.2) is 0 Å². The number of hydrogen-bond donors (Lipinski definition) is 1. The zero-order valence-electron chi connectivity index (χ0n) is 11.9. The molecule has 2 fully saturated rings. The molecule has 0 radical (unpaired) electrons. The van der Waals surface area contributed by atoms with Gasteiger partial charge < -0.3 is 19.8 Å². The van der Waals surface area contributed by atoms with Gasteiger partial charge in [0.15, 0.2) is 0 Å². The van der Waals surface area contributed by atoms with E-state index in [2.05, 4.69) is 14.7 Å². The Morgan fingerprint density at radius 3 is 1.79 bits per heavy atom. The van der Waals surface area contributed by atoms with E-state index in [4.69, 9.17) is 5.11 Å². The lowest BCUT2D eigenvalue weighted by atomic mass is 10.2. The average Bonchev–Trinajstić information content (AvgIpc) is 2.91. The first-order valence-corrected chi connectivity index (χ1v) is 7.63. The molecular weight excluding hydrogens is 242 g/mol. The van der Waals surface area contributed by atoms with Gasteiger partial charge in [0, 0.05) is 32.7 Å². The fourth-order valence-corrected chi connectivity index (χ4v) is 3.01. The zero-order chi connectivity index (χ0) is 13.5. The summed E-state index contributed by atoms with van der Waals surface area (Å²) in [6.45, 7) is 9.98. The Morgan fingerprint density at radius 2 is 1.26 bits per heavy atom. The molecule has 0 amide bonds. The van der Waals surface area contributed by atoms with E-state index in [0.717, 1.165) is 26.2 Å². The monoisotopic (exact) mass is 269 g/mol. The van der Waals surface area contributed by atoms with Gasteiger partial charge in [-0.25, -0.2) is 0 Å². The molecule has 2 aliphatic rings. The van der Waals surface area contributed by atoms with Crippen LogP contribution in [0.4, 0.5) is 0 Å². The van der Waals surface area contributed by atoms with E-state index < -0.39 is 5.97 Å². The molecule has 110 valence electrons. The summed E-state index contributed by atoms with van der Waals surface area (Å²) in [7, 11) is 0. The van der Waals surface area contributed by atoms with Gasteiger partial charge in [-0.05, 0) is 45.4 Å². The average molecular weight is 269 g/mol. The van der Waals surface area contributed by atoms with E-state index in [9.17, 15) is 4.79 Å². The van der Waals surface area contributed by atoms with E-state index in [1.54, 1.807) is 0 Å². The first kappa shape index (κ1) is 14.8. The summed E-state index contributed by atoms with van der Waals surface area (Å²) in [4.78, 5) is 17.9. The Bertz CT molecular complexity index is 272. The molecule has 2 rings (SSSR count). The second kappa shape index (κ2) is 7.82. The van der Waals surface area contributed by atoms with Gasteiger partial charge in [0.1, 0.15) is 0 Å². The summed E-state index contributed by atoms with van der Waals surface area (Å²) in [5, 5.41) is 8.67. The predicted molar refractivity (Wildman–Crippen MR) is 75.4 cm³/mol. The van der Waals surface area contributed by atoms with Crippen molar-refractivity contribution in [1.29, 1.82) is 0 Å². The van der Waals surface area contributed by atoms with Crippen LogP contribution in [-0.4, -0.2) is 84.7 Å². The van der Waals surface area contributed by atoms with Crippen molar-refractivity contribution in [3.63, 3.8) is 0 Å². The molecule has 0 aromatic heterocycles. The maximum absolute atomic E-state index is 10.5. The molecule has 0 aromatic carbocycles. The molecule has 2 aliphatic heterocycles. The highest BCUT2D eigenvalue weighted by molar-refractivity contribution is 5.66. The van der Waals surface area contributed by atoms with Crippen LogP contribution in [0.3, 0.4) is 0 Å². The van der Waals surface area contributed by atoms with Crippen molar-refractivity contribution in [2.24, 2.45) is 0 Å². The van der Waals surface area contributed by atoms with Crippen LogP contribution in [0.25, 0.3) is 0 Å². The van der Waals surface area contributed by atoms with E-state index in [0.29, 0.717) is 6.54 Å². The highest BCUT2D eigenvalue weighted by Crippen LogP contribution is 2.08. The van der Waals surface area contributed by atoms with Crippen molar-refractivity contribution in [3.8, 4) is 0 Å². The number of carbonyl (C=O) groups is 1. The Hall–Kier alpha value is -0.650. The number of likely N-dealkylation sites (tertiary alicyclic amines) is 1. The maximum Gasteiger partial charge on any atom is 0.304 e. The lowest BCUT2D eigenvalue weighted by Crippen LogP contribution is -2.47. The number of aliphatic carboxylic acids is 1. The molecule has 2 saturated heterocycles. The molecule has 19 heavy (non-hydrogen) atoms. The SMILES string of the molecule is O=C(O)CCN1CCN(CCCN2CCCC2)CC1. The zero-order valence-corrected chi connectivity index (χ0v) is 11.9. The van der Waals surface area contributed by atoms with Crippen LogP contribution in [0.1, 0.15) is 25.7 Å². The number of rotatable bonds is 7. The van der Waals surface area contributed by atoms with Gasteiger partial charge in [0.05, 0.1) is 6.42 Å². The van der Waals surface area contributed by atoms with Crippen LogP contribution in [-0.2, 0) is 4.79 Å². The fraction of sp³-hybridized carbons (Fsp3) is 0.929. The minimum atomic E-state index is -0.687. The first-order chi connectivity index (χ1) is 9.24. The molecule has 0 unspecified atom stereocenters. The normalized spacial score (nSPS) is 22.9. The lowest BCUT2D eigenvalue weighted by molar-refractivity contribution is -0.137. The van der Waals surface area contributed by atoms with Crippen molar-refractivity contribution >= 4 is 5.97 Å². The highest BCUT2D eigenvalue weighted by atomic mass is 16.4. The Labute approximate surface area is 116 Å². The molecule has 0 spiro atoms. The minimum Gasteiger partial charge on any atom is -0.481 e. The summed E-state index contributed by atoms with van der Waals surface area (Å²) in [5.74, 6) is -0.687.